The van der Waals surface area contributed by atoms with E-state index in [1.165, 1.54) is 0 Å². The maximum atomic E-state index is 11.0. The third-order valence-corrected chi connectivity index (χ3v) is 3.48. The Labute approximate surface area is 113 Å². The molecular formula is C13H19NO3S. The van der Waals surface area contributed by atoms with E-state index >= 15 is 0 Å². The van der Waals surface area contributed by atoms with Gasteiger partial charge in [0.05, 0.1) is 11.5 Å². The van der Waals surface area contributed by atoms with Crippen LogP contribution in [-0.4, -0.2) is 17.3 Å². The number of ether oxygens (including phenoxy) is 1. The highest BCUT2D eigenvalue weighted by atomic mass is 32.1. The molecule has 1 aromatic rings. The van der Waals surface area contributed by atoms with Crippen LogP contribution in [0.15, 0.2) is 18.2 Å². The molecule has 0 radical (unpaired) electrons. The summed E-state index contributed by atoms with van der Waals surface area (Å²) in [6, 6.07) is 5.12. The minimum absolute atomic E-state index is 0.0548. The number of thiol groups is 1. The zero-order chi connectivity index (χ0) is 13.7. The molecule has 1 unspecified atom stereocenters. The number of rotatable bonds is 6. The minimum Gasteiger partial charge on any atom is -0.486 e. The molecule has 100 valence electrons. The molecule has 1 atom stereocenters. The van der Waals surface area contributed by atoms with Gasteiger partial charge < -0.3 is 4.74 Å². The lowest BCUT2D eigenvalue weighted by atomic mass is 9.99. The number of nitro groups is 1. The van der Waals surface area contributed by atoms with Gasteiger partial charge in [-0.05, 0) is 24.7 Å². The third kappa shape index (κ3) is 3.63. The molecule has 0 saturated heterocycles. The van der Waals surface area contributed by atoms with Crippen molar-refractivity contribution in [3.05, 3.63) is 33.9 Å². The maximum Gasteiger partial charge on any atom is 0.313 e. The summed E-state index contributed by atoms with van der Waals surface area (Å²) in [5.41, 5.74) is 0.670. The molecule has 0 aromatic heterocycles. The SMILES string of the molecule is Cc1cccc(OCC(CS)C(C)C)c1[N+](=O)[O-]. The van der Waals surface area contributed by atoms with Crippen molar-refractivity contribution in [2.24, 2.45) is 11.8 Å². The average Bonchev–Trinajstić information content (AvgIpc) is 2.28. The van der Waals surface area contributed by atoms with Crippen molar-refractivity contribution < 1.29 is 9.66 Å². The van der Waals surface area contributed by atoms with Crippen LogP contribution in [0.5, 0.6) is 5.75 Å². The number of nitrogens with zero attached hydrogens (tertiary/aromatic N) is 1. The van der Waals surface area contributed by atoms with E-state index in [1.807, 2.05) is 0 Å². The Morgan fingerprint density at radius 1 is 1.44 bits per heavy atom. The van der Waals surface area contributed by atoms with Gasteiger partial charge in [0.15, 0.2) is 5.75 Å². The van der Waals surface area contributed by atoms with Crippen molar-refractivity contribution in [3.8, 4) is 5.75 Å². The molecule has 0 aliphatic rings. The first-order chi connectivity index (χ1) is 8.47. The molecule has 0 fully saturated rings. The minimum atomic E-state index is -0.393. The Kier molecular flexibility index (Phi) is 5.47. The van der Waals surface area contributed by atoms with Gasteiger partial charge >= 0.3 is 5.69 Å². The maximum absolute atomic E-state index is 11.0. The summed E-state index contributed by atoms with van der Waals surface area (Å²) in [6.45, 7) is 6.35. The fourth-order valence-electron chi connectivity index (χ4n) is 1.64. The van der Waals surface area contributed by atoms with Crippen molar-refractivity contribution in [1.82, 2.24) is 0 Å². The molecule has 1 rings (SSSR count). The molecule has 1 aromatic carbocycles. The Hall–Kier alpha value is -1.23. The zero-order valence-corrected chi connectivity index (χ0v) is 11.8. The van der Waals surface area contributed by atoms with Crippen molar-refractivity contribution >= 4 is 18.3 Å². The normalized spacial score (nSPS) is 12.5. The van der Waals surface area contributed by atoms with Crippen molar-refractivity contribution in [1.29, 1.82) is 0 Å². The van der Waals surface area contributed by atoms with E-state index < -0.39 is 4.92 Å². The number of benzene rings is 1. The Balaban J connectivity index is 2.85. The Morgan fingerprint density at radius 3 is 2.61 bits per heavy atom. The Morgan fingerprint density at radius 2 is 2.11 bits per heavy atom. The van der Waals surface area contributed by atoms with E-state index in [-0.39, 0.29) is 11.6 Å². The summed E-state index contributed by atoms with van der Waals surface area (Å²) < 4.78 is 5.60. The first kappa shape index (κ1) is 14.8. The number of aryl methyl sites for hydroxylation is 1. The summed E-state index contributed by atoms with van der Waals surface area (Å²) >= 11 is 4.27. The molecule has 5 heteroatoms. The van der Waals surface area contributed by atoms with Crippen LogP contribution in [0.4, 0.5) is 5.69 Å². The predicted octanol–water partition coefficient (Wildman–Crippen LogP) is 3.48. The first-order valence-corrected chi connectivity index (χ1v) is 6.58. The molecule has 0 bridgehead atoms. The molecule has 0 N–H and O–H groups in total. The van der Waals surface area contributed by atoms with Gasteiger partial charge in [0, 0.05) is 11.5 Å². The lowest BCUT2D eigenvalue weighted by molar-refractivity contribution is -0.386. The quantitative estimate of drug-likeness (QED) is 0.488. The van der Waals surface area contributed by atoms with E-state index in [4.69, 9.17) is 4.74 Å². The summed E-state index contributed by atoms with van der Waals surface area (Å²) in [5, 5.41) is 11.0. The van der Waals surface area contributed by atoms with Crippen molar-refractivity contribution in [2.45, 2.75) is 20.8 Å². The van der Waals surface area contributed by atoms with Gasteiger partial charge in [-0.25, -0.2) is 0 Å². The van der Waals surface area contributed by atoms with Gasteiger partial charge in [0.1, 0.15) is 0 Å². The largest absolute Gasteiger partial charge is 0.486 e. The van der Waals surface area contributed by atoms with E-state index in [2.05, 4.69) is 26.5 Å². The summed E-state index contributed by atoms with van der Waals surface area (Å²) in [6.07, 6.45) is 0. The van der Waals surface area contributed by atoms with Crippen LogP contribution in [0.1, 0.15) is 19.4 Å². The molecule has 0 aliphatic heterocycles. The lowest BCUT2D eigenvalue weighted by Crippen LogP contribution is -2.19. The van der Waals surface area contributed by atoms with Gasteiger partial charge in [-0.3, -0.25) is 10.1 Å². The fourth-order valence-corrected chi connectivity index (χ4v) is 2.16. The molecule has 0 aliphatic carbocycles. The highest BCUT2D eigenvalue weighted by Crippen LogP contribution is 2.30. The molecule has 0 heterocycles. The summed E-state index contributed by atoms with van der Waals surface area (Å²) in [7, 11) is 0. The molecule has 18 heavy (non-hydrogen) atoms. The van der Waals surface area contributed by atoms with Crippen molar-refractivity contribution in [3.63, 3.8) is 0 Å². The van der Waals surface area contributed by atoms with Crippen LogP contribution < -0.4 is 4.74 Å². The van der Waals surface area contributed by atoms with Crippen LogP contribution in [-0.2, 0) is 0 Å². The van der Waals surface area contributed by atoms with E-state index in [0.717, 1.165) is 0 Å². The van der Waals surface area contributed by atoms with Crippen LogP contribution in [0.25, 0.3) is 0 Å². The van der Waals surface area contributed by atoms with Crippen LogP contribution in [0.3, 0.4) is 0 Å². The van der Waals surface area contributed by atoms with Gasteiger partial charge in [-0.1, -0.05) is 26.0 Å². The summed E-state index contributed by atoms with van der Waals surface area (Å²) in [5.74, 6) is 1.77. The molecule has 0 spiro atoms. The lowest BCUT2D eigenvalue weighted by Gasteiger charge is -2.19. The predicted molar refractivity (Wildman–Crippen MR) is 75.5 cm³/mol. The highest BCUT2D eigenvalue weighted by molar-refractivity contribution is 7.80. The van der Waals surface area contributed by atoms with E-state index in [9.17, 15) is 10.1 Å². The second-order valence-electron chi connectivity index (χ2n) is 4.68. The van der Waals surface area contributed by atoms with Gasteiger partial charge in [-0.15, -0.1) is 0 Å². The second kappa shape index (κ2) is 6.64. The van der Waals surface area contributed by atoms with Gasteiger partial charge in [0.2, 0.25) is 0 Å². The third-order valence-electron chi connectivity index (χ3n) is 3.01. The monoisotopic (exact) mass is 269 g/mol. The highest BCUT2D eigenvalue weighted by Gasteiger charge is 2.20. The van der Waals surface area contributed by atoms with E-state index in [0.29, 0.717) is 29.6 Å². The standard InChI is InChI=1S/C13H19NO3S/c1-9(2)11(8-18)7-17-12-6-4-5-10(3)13(12)14(15)16/h4-6,9,11,18H,7-8H2,1-3H3. The zero-order valence-electron chi connectivity index (χ0n) is 10.9. The Bertz CT molecular complexity index is 421. The number of nitro benzene ring substituents is 1. The van der Waals surface area contributed by atoms with Gasteiger partial charge in [0.25, 0.3) is 0 Å². The fraction of sp³-hybridized carbons (Fsp3) is 0.538. The summed E-state index contributed by atoms with van der Waals surface area (Å²) in [4.78, 5) is 10.6. The second-order valence-corrected chi connectivity index (χ2v) is 5.04. The number of hydrogen-bond donors (Lipinski definition) is 1. The van der Waals surface area contributed by atoms with Gasteiger partial charge in [-0.2, -0.15) is 12.6 Å². The van der Waals surface area contributed by atoms with Crippen LogP contribution in [0.2, 0.25) is 0 Å². The van der Waals surface area contributed by atoms with Crippen molar-refractivity contribution in [2.75, 3.05) is 12.4 Å². The number of hydrogen-bond acceptors (Lipinski definition) is 4. The molecule has 0 saturated carbocycles. The van der Waals surface area contributed by atoms with Crippen LogP contribution >= 0.6 is 12.6 Å². The van der Waals surface area contributed by atoms with Crippen LogP contribution in [0, 0.1) is 28.9 Å². The first-order valence-electron chi connectivity index (χ1n) is 5.95. The smallest absolute Gasteiger partial charge is 0.313 e. The average molecular weight is 269 g/mol. The molecule has 0 amide bonds. The number of para-hydroxylation sites is 1. The topological polar surface area (TPSA) is 52.4 Å². The molecule has 4 nitrogen and oxygen atoms in total. The van der Waals surface area contributed by atoms with E-state index in [1.54, 1.807) is 25.1 Å². The molecular weight excluding hydrogens is 250 g/mol.